The summed E-state index contributed by atoms with van der Waals surface area (Å²) < 4.78 is 80.5. The predicted octanol–water partition coefficient (Wildman–Crippen LogP) is 5.40. The Balaban J connectivity index is 1.42. The fourth-order valence-electron chi connectivity index (χ4n) is 4.00. The Morgan fingerprint density at radius 2 is 1.81 bits per heavy atom. The van der Waals surface area contributed by atoms with Gasteiger partial charge in [-0.25, -0.2) is 0 Å². The molecule has 1 amide bonds. The minimum absolute atomic E-state index is 0.111. The van der Waals surface area contributed by atoms with Crippen LogP contribution in [0.15, 0.2) is 52.5 Å². The summed E-state index contributed by atoms with van der Waals surface area (Å²) in [4.78, 5) is 18.2. The molecule has 2 aliphatic heterocycles. The van der Waals surface area contributed by atoms with E-state index in [4.69, 9.17) is 0 Å². The number of halogens is 6. The summed E-state index contributed by atoms with van der Waals surface area (Å²) in [6, 6.07) is 6.65. The van der Waals surface area contributed by atoms with Crippen molar-refractivity contribution in [3.63, 3.8) is 0 Å². The summed E-state index contributed by atoms with van der Waals surface area (Å²) in [5, 5.41) is 14.0. The molecule has 0 aliphatic carbocycles. The highest BCUT2D eigenvalue weighted by Gasteiger charge is 2.38. The maximum atomic E-state index is 13.5. The van der Waals surface area contributed by atoms with Gasteiger partial charge in [0.15, 0.2) is 0 Å². The number of aliphatic imine (C=N–C) groups is 1. The van der Waals surface area contributed by atoms with Crippen LogP contribution in [0.5, 0.6) is 0 Å². The number of carbonyl (C=O) groups is 1. The summed E-state index contributed by atoms with van der Waals surface area (Å²) in [6.07, 6.45) is -7.09. The van der Waals surface area contributed by atoms with Crippen LogP contribution in [0.3, 0.4) is 0 Å². The average Bonchev–Trinajstić information content (AvgIpc) is 3.32. The molecule has 2 aromatic carbocycles. The molecule has 3 heterocycles. The molecular weight excluding hydrogens is 510 g/mol. The van der Waals surface area contributed by atoms with E-state index in [1.165, 1.54) is 10.9 Å². The number of amides is 1. The van der Waals surface area contributed by atoms with Gasteiger partial charge in [-0.15, -0.1) is 0 Å². The smallest absolute Gasteiger partial charge is 0.389 e. The summed E-state index contributed by atoms with van der Waals surface area (Å²) >= 11 is 0.954. The maximum absolute atomic E-state index is 13.5. The van der Waals surface area contributed by atoms with E-state index < -0.39 is 29.6 Å². The number of alkyl halides is 6. The van der Waals surface area contributed by atoms with Crippen molar-refractivity contribution < 1.29 is 36.2 Å². The molecule has 188 valence electrons. The van der Waals surface area contributed by atoms with Gasteiger partial charge in [0.25, 0.3) is 0 Å². The number of hydrogen-bond acceptors (Lipinski definition) is 5. The first-order chi connectivity index (χ1) is 16.9. The quantitative estimate of drug-likeness (QED) is 0.463. The third kappa shape index (κ3) is 4.85. The van der Waals surface area contributed by atoms with Crippen LogP contribution >= 0.6 is 11.8 Å². The van der Waals surface area contributed by atoms with Crippen LogP contribution < -0.4 is 0 Å². The molecule has 1 aromatic heterocycles. The van der Waals surface area contributed by atoms with E-state index in [2.05, 4.69) is 10.1 Å². The van der Waals surface area contributed by atoms with Gasteiger partial charge in [-0.05, 0) is 53.2 Å². The molecule has 0 bridgehead atoms. The van der Waals surface area contributed by atoms with E-state index in [-0.39, 0.29) is 23.4 Å². The second-order valence-corrected chi connectivity index (χ2v) is 9.38. The van der Waals surface area contributed by atoms with Gasteiger partial charge in [-0.1, -0.05) is 12.1 Å². The van der Waals surface area contributed by atoms with Crippen molar-refractivity contribution in [3.05, 3.63) is 69.8 Å². The number of likely N-dealkylation sites (tertiary alicyclic amines) is 1. The van der Waals surface area contributed by atoms with Gasteiger partial charge in [-0.3, -0.25) is 9.48 Å². The van der Waals surface area contributed by atoms with Crippen LogP contribution in [0.1, 0.15) is 22.3 Å². The van der Waals surface area contributed by atoms with E-state index in [1.807, 2.05) is 0 Å². The number of rotatable bonds is 3. The molecule has 0 saturated carbocycles. The lowest BCUT2D eigenvalue weighted by Gasteiger charge is -2.37. The Morgan fingerprint density at radius 1 is 1.06 bits per heavy atom. The lowest BCUT2D eigenvalue weighted by Crippen LogP contribution is -2.53. The number of benzene rings is 2. The molecule has 0 radical (unpaired) electrons. The highest BCUT2D eigenvalue weighted by Crippen LogP contribution is 2.38. The monoisotopic (exact) mass is 526 g/mol. The normalized spacial score (nSPS) is 18.3. The first-order valence-corrected chi connectivity index (χ1v) is 11.4. The van der Waals surface area contributed by atoms with E-state index in [0.29, 0.717) is 46.4 Å². The highest BCUT2D eigenvalue weighted by atomic mass is 32.2. The van der Waals surface area contributed by atoms with Gasteiger partial charge in [0.05, 0.1) is 34.2 Å². The molecule has 1 saturated heterocycles. The molecule has 3 aromatic rings. The van der Waals surface area contributed by atoms with Crippen molar-refractivity contribution in [2.75, 3.05) is 13.1 Å². The third-order valence-electron chi connectivity index (χ3n) is 5.73. The van der Waals surface area contributed by atoms with E-state index in [9.17, 15) is 36.2 Å². The lowest BCUT2D eigenvalue weighted by molar-refractivity contribution is -0.143. The van der Waals surface area contributed by atoms with Gasteiger partial charge < -0.3 is 10.0 Å². The molecule has 5 rings (SSSR count). The average molecular weight is 526 g/mol. The molecule has 1 fully saturated rings. The number of β-amino-alcohol motifs (C(OH)–C–C–N with tert-alkyl or cyclic N) is 1. The summed E-state index contributed by atoms with van der Waals surface area (Å²) in [5.41, 5.74) is -1.91. The zero-order valence-corrected chi connectivity index (χ0v) is 19.0. The minimum atomic E-state index is -4.97. The van der Waals surface area contributed by atoms with Crippen molar-refractivity contribution in [2.45, 2.75) is 25.0 Å². The number of aliphatic hydroxyl groups is 1. The molecular formula is C23H16F6N4O2S. The van der Waals surface area contributed by atoms with Crippen LogP contribution in [-0.2, 0) is 18.9 Å². The molecule has 0 atom stereocenters. The number of aromatic nitrogens is 2. The first kappa shape index (κ1) is 24.4. The van der Waals surface area contributed by atoms with E-state index in [0.717, 1.165) is 17.8 Å². The molecule has 0 unspecified atom stereocenters. The molecule has 2 aliphatic rings. The van der Waals surface area contributed by atoms with Crippen molar-refractivity contribution >= 4 is 39.8 Å². The summed E-state index contributed by atoms with van der Waals surface area (Å²) in [6.45, 7) is 0.371. The Morgan fingerprint density at radius 3 is 2.47 bits per heavy atom. The van der Waals surface area contributed by atoms with Gasteiger partial charge in [-0.2, -0.15) is 36.4 Å². The van der Waals surface area contributed by atoms with E-state index in [1.54, 1.807) is 29.2 Å². The Bertz CT molecular complexity index is 1420. The first-order valence-electron chi connectivity index (χ1n) is 10.6. The van der Waals surface area contributed by atoms with Crippen LogP contribution in [0.2, 0.25) is 0 Å². The molecule has 13 heteroatoms. The SMILES string of the molecule is O=C1N=C(N2CC(O)C2)/C(=C/c2ccc3nn(Cc4ccc(C(F)(F)F)cc4C(F)(F)F)cc3c2)S1. The van der Waals surface area contributed by atoms with Crippen LogP contribution in [0, 0.1) is 0 Å². The molecule has 36 heavy (non-hydrogen) atoms. The number of aliphatic hydroxyl groups excluding tert-OH is 1. The minimum Gasteiger partial charge on any atom is -0.389 e. The number of thioether (sulfide) groups is 1. The number of carbonyl (C=O) groups excluding carboxylic acids is 1. The standard InChI is InChI=1S/C23H16F6N4O2S/c24-22(25,26)15-3-2-13(17(7-15)23(27,28)29)8-33-9-14-5-12(1-4-18(14)31-33)6-19-20(30-21(35)36-19)32-10-16(34)11-32/h1-7,9,16,34H,8,10-11H2/b19-6-. The van der Waals surface area contributed by atoms with Gasteiger partial charge in [0.1, 0.15) is 5.84 Å². The Kier molecular flexibility index (Phi) is 5.86. The topological polar surface area (TPSA) is 70.7 Å². The largest absolute Gasteiger partial charge is 0.416 e. The zero-order valence-electron chi connectivity index (χ0n) is 18.1. The van der Waals surface area contributed by atoms with Crippen LogP contribution in [0.25, 0.3) is 17.0 Å². The second-order valence-electron chi connectivity index (χ2n) is 8.38. The van der Waals surface area contributed by atoms with E-state index >= 15 is 0 Å². The summed E-state index contributed by atoms with van der Waals surface area (Å²) in [5.74, 6) is 0.480. The highest BCUT2D eigenvalue weighted by molar-refractivity contribution is 8.18. The second kappa shape index (κ2) is 8.66. The van der Waals surface area contributed by atoms with Crippen molar-refractivity contribution in [2.24, 2.45) is 4.99 Å². The van der Waals surface area contributed by atoms with Gasteiger partial charge >= 0.3 is 17.6 Å². The number of hydrogen-bond donors (Lipinski definition) is 1. The molecule has 1 N–H and O–H groups in total. The zero-order chi connectivity index (χ0) is 25.8. The third-order valence-corrected chi connectivity index (χ3v) is 6.51. The van der Waals surface area contributed by atoms with Gasteiger partial charge in [0.2, 0.25) is 0 Å². The Hall–Kier alpha value is -3.32. The Labute approximate surface area is 203 Å². The van der Waals surface area contributed by atoms with Crippen molar-refractivity contribution in [3.8, 4) is 0 Å². The fraction of sp³-hybridized carbons (Fsp3) is 0.261. The number of nitrogens with zero attached hydrogens (tertiary/aromatic N) is 4. The fourth-order valence-corrected chi connectivity index (χ4v) is 4.78. The predicted molar refractivity (Wildman–Crippen MR) is 121 cm³/mol. The number of amidine groups is 1. The summed E-state index contributed by atoms with van der Waals surface area (Å²) in [7, 11) is 0. The van der Waals surface area contributed by atoms with Crippen molar-refractivity contribution in [1.82, 2.24) is 14.7 Å². The maximum Gasteiger partial charge on any atom is 0.416 e. The lowest BCUT2D eigenvalue weighted by atomic mass is 10.0. The van der Waals surface area contributed by atoms with Crippen LogP contribution in [0.4, 0.5) is 31.1 Å². The number of fused-ring (bicyclic) bond motifs is 1. The molecule has 0 spiro atoms. The van der Waals surface area contributed by atoms with Crippen LogP contribution in [-0.4, -0.2) is 50.1 Å². The molecule has 6 nitrogen and oxygen atoms in total. The van der Waals surface area contributed by atoms with Crippen molar-refractivity contribution in [1.29, 1.82) is 0 Å². The van der Waals surface area contributed by atoms with Gasteiger partial charge in [0, 0.05) is 24.7 Å².